The lowest BCUT2D eigenvalue weighted by atomic mass is 10.0. The molecule has 0 saturated heterocycles. The predicted molar refractivity (Wildman–Crippen MR) is 196 cm³/mol. The number of hydrogen-bond acceptors (Lipinski definition) is 1. The Labute approximate surface area is 268 Å². The van der Waals surface area contributed by atoms with Crippen LogP contribution in [-0.4, -0.2) is 4.57 Å². The lowest BCUT2D eigenvalue weighted by Crippen LogP contribution is -2.10. The van der Waals surface area contributed by atoms with Gasteiger partial charge in [-0.15, -0.1) is 0 Å². The van der Waals surface area contributed by atoms with Crippen LogP contribution in [0, 0.1) is 0 Å². The number of aromatic nitrogens is 1. The minimum absolute atomic E-state index is 1.10. The topological polar surface area (TPSA) is 8.17 Å². The number of anilines is 3. The molecule has 0 aliphatic heterocycles. The van der Waals surface area contributed by atoms with Crippen molar-refractivity contribution in [2.75, 3.05) is 4.90 Å². The number of hydrogen-bond donors (Lipinski definition) is 0. The summed E-state index contributed by atoms with van der Waals surface area (Å²) in [5.74, 6) is 0. The van der Waals surface area contributed by atoms with E-state index in [1.165, 1.54) is 54.5 Å². The first-order valence-corrected chi connectivity index (χ1v) is 15.8. The van der Waals surface area contributed by atoms with Crippen molar-refractivity contribution in [3.63, 3.8) is 0 Å². The number of fused-ring (bicyclic) bond motifs is 6. The van der Waals surface area contributed by atoms with E-state index < -0.39 is 0 Å². The Morgan fingerprint density at radius 2 is 0.978 bits per heavy atom. The molecule has 0 saturated carbocycles. The van der Waals surface area contributed by atoms with Crippen LogP contribution in [-0.2, 0) is 0 Å². The quantitative estimate of drug-likeness (QED) is 0.195. The molecule has 0 N–H and O–H groups in total. The normalized spacial score (nSPS) is 11.5. The van der Waals surface area contributed by atoms with Gasteiger partial charge in [0.15, 0.2) is 0 Å². The van der Waals surface area contributed by atoms with E-state index in [9.17, 15) is 0 Å². The lowest BCUT2D eigenvalue weighted by Gasteiger charge is -2.26. The van der Waals surface area contributed by atoms with E-state index in [-0.39, 0.29) is 0 Å². The lowest BCUT2D eigenvalue weighted by molar-refractivity contribution is 1.17. The second kappa shape index (κ2) is 10.8. The van der Waals surface area contributed by atoms with Crippen molar-refractivity contribution in [1.82, 2.24) is 4.57 Å². The molecule has 0 aliphatic rings. The van der Waals surface area contributed by atoms with Crippen LogP contribution in [0.15, 0.2) is 182 Å². The van der Waals surface area contributed by atoms with Crippen LogP contribution in [0.25, 0.3) is 60.2 Å². The third kappa shape index (κ3) is 4.35. The molecule has 0 bridgehead atoms. The zero-order valence-electron chi connectivity index (χ0n) is 25.2. The molecule has 8 aromatic carbocycles. The van der Waals surface area contributed by atoms with Gasteiger partial charge in [0.2, 0.25) is 0 Å². The van der Waals surface area contributed by atoms with Crippen LogP contribution in [0.2, 0.25) is 0 Å². The van der Waals surface area contributed by atoms with Gasteiger partial charge in [0.25, 0.3) is 0 Å². The van der Waals surface area contributed by atoms with Gasteiger partial charge in [-0.25, -0.2) is 0 Å². The van der Waals surface area contributed by atoms with Crippen LogP contribution in [0.1, 0.15) is 0 Å². The number of para-hydroxylation sites is 2. The van der Waals surface area contributed by atoms with Crippen molar-refractivity contribution in [3.8, 4) is 16.8 Å². The zero-order valence-corrected chi connectivity index (χ0v) is 25.2. The molecule has 0 aliphatic carbocycles. The highest BCUT2D eigenvalue weighted by molar-refractivity contribution is 6.21. The van der Waals surface area contributed by atoms with Crippen LogP contribution in [0.3, 0.4) is 0 Å². The van der Waals surface area contributed by atoms with E-state index in [0.29, 0.717) is 0 Å². The molecule has 0 amide bonds. The van der Waals surface area contributed by atoms with Gasteiger partial charge in [-0.2, -0.15) is 0 Å². The molecule has 0 fully saturated rings. The maximum absolute atomic E-state index is 2.41. The van der Waals surface area contributed by atoms with Gasteiger partial charge in [-0.05, 0) is 93.3 Å². The fourth-order valence-corrected chi connectivity index (χ4v) is 7.01. The minimum Gasteiger partial charge on any atom is -0.310 e. The Bertz CT molecular complexity index is 2540. The maximum Gasteiger partial charge on any atom is 0.0547 e. The molecular formula is C44H30N2. The Balaban J connectivity index is 1.23. The fraction of sp³-hybridized carbons (Fsp3) is 0. The van der Waals surface area contributed by atoms with Crippen molar-refractivity contribution in [2.24, 2.45) is 0 Å². The largest absolute Gasteiger partial charge is 0.310 e. The molecule has 9 aromatic rings. The van der Waals surface area contributed by atoms with Gasteiger partial charge in [0, 0.05) is 33.5 Å². The molecule has 216 valence electrons. The summed E-state index contributed by atoms with van der Waals surface area (Å²) in [6.45, 7) is 0. The molecule has 0 radical (unpaired) electrons. The third-order valence-electron chi connectivity index (χ3n) is 9.11. The standard InChI is InChI=1S/C44H30N2/c1-2-16-36(17-3-1)45(37-18-10-15-34(29-37)35-25-24-31-12-4-5-14-33(31)28-35)38-19-11-20-39(30-38)46-42-23-9-8-22-41(42)44-40-21-7-6-13-32(40)26-27-43(44)46/h1-30H. The van der Waals surface area contributed by atoms with Crippen molar-refractivity contribution in [3.05, 3.63) is 182 Å². The van der Waals surface area contributed by atoms with E-state index in [0.717, 1.165) is 22.7 Å². The summed E-state index contributed by atoms with van der Waals surface area (Å²) in [6, 6.07) is 65.7. The predicted octanol–water partition coefficient (Wildman–Crippen LogP) is 12.2. The molecule has 0 spiro atoms. The monoisotopic (exact) mass is 586 g/mol. The summed E-state index contributed by atoms with van der Waals surface area (Å²) in [4.78, 5) is 2.36. The van der Waals surface area contributed by atoms with E-state index in [1.807, 2.05) is 0 Å². The van der Waals surface area contributed by atoms with Gasteiger partial charge in [0.1, 0.15) is 0 Å². The second-order valence-corrected chi connectivity index (χ2v) is 11.8. The summed E-state index contributed by atoms with van der Waals surface area (Å²) in [7, 11) is 0. The highest BCUT2D eigenvalue weighted by Gasteiger charge is 2.18. The summed E-state index contributed by atoms with van der Waals surface area (Å²) >= 11 is 0. The SMILES string of the molecule is c1ccc(N(c2cccc(-c3ccc4ccccc4c3)c2)c2cccc(-n3c4ccccc4c4c5ccccc5ccc43)c2)cc1. The average Bonchev–Trinajstić information content (AvgIpc) is 3.47. The van der Waals surface area contributed by atoms with Crippen molar-refractivity contribution in [1.29, 1.82) is 0 Å². The molecule has 2 heteroatoms. The molecule has 2 nitrogen and oxygen atoms in total. The maximum atomic E-state index is 2.41. The molecule has 1 aromatic heterocycles. The van der Waals surface area contributed by atoms with Crippen LogP contribution < -0.4 is 4.90 Å². The highest BCUT2D eigenvalue weighted by Crippen LogP contribution is 2.40. The van der Waals surface area contributed by atoms with Crippen molar-refractivity contribution < 1.29 is 0 Å². The van der Waals surface area contributed by atoms with Crippen LogP contribution in [0.4, 0.5) is 17.1 Å². The summed E-state index contributed by atoms with van der Waals surface area (Å²) in [6.07, 6.45) is 0. The Hall–Kier alpha value is -6.12. The molecule has 46 heavy (non-hydrogen) atoms. The molecular weight excluding hydrogens is 556 g/mol. The Kier molecular flexibility index (Phi) is 6.17. The van der Waals surface area contributed by atoms with Crippen molar-refractivity contribution in [2.45, 2.75) is 0 Å². The second-order valence-electron chi connectivity index (χ2n) is 11.8. The highest BCUT2D eigenvalue weighted by atomic mass is 15.1. The van der Waals surface area contributed by atoms with E-state index in [1.54, 1.807) is 0 Å². The van der Waals surface area contributed by atoms with Gasteiger partial charge in [0.05, 0.1) is 11.0 Å². The molecule has 0 unspecified atom stereocenters. The van der Waals surface area contributed by atoms with Gasteiger partial charge < -0.3 is 9.47 Å². The number of nitrogens with zero attached hydrogens (tertiary/aromatic N) is 2. The minimum atomic E-state index is 1.10. The molecule has 1 heterocycles. The average molecular weight is 587 g/mol. The Morgan fingerprint density at radius 1 is 0.348 bits per heavy atom. The van der Waals surface area contributed by atoms with E-state index in [4.69, 9.17) is 0 Å². The van der Waals surface area contributed by atoms with Gasteiger partial charge in [-0.3, -0.25) is 0 Å². The van der Waals surface area contributed by atoms with E-state index in [2.05, 4.69) is 191 Å². The number of benzene rings is 8. The first-order valence-electron chi connectivity index (χ1n) is 15.8. The summed E-state index contributed by atoms with van der Waals surface area (Å²) in [5.41, 5.74) is 9.27. The molecule has 0 atom stereocenters. The summed E-state index contributed by atoms with van der Waals surface area (Å²) < 4.78 is 2.41. The van der Waals surface area contributed by atoms with Crippen LogP contribution in [0.5, 0.6) is 0 Å². The Morgan fingerprint density at radius 3 is 1.85 bits per heavy atom. The number of rotatable bonds is 5. The van der Waals surface area contributed by atoms with Gasteiger partial charge in [-0.1, -0.05) is 121 Å². The third-order valence-corrected chi connectivity index (χ3v) is 9.11. The van der Waals surface area contributed by atoms with E-state index >= 15 is 0 Å². The first kappa shape index (κ1) is 26.3. The molecule has 9 rings (SSSR count). The smallest absolute Gasteiger partial charge is 0.0547 e. The zero-order chi connectivity index (χ0) is 30.5. The fourth-order valence-electron chi connectivity index (χ4n) is 7.01. The van der Waals surface area contributed by atoms with Crippen molar-refractivity contribution >= 4 is 60.4 Å². The van der Waals surface area contributed by atoms with Crippen LogP contribution >= 0.6 is 0 Å². The van der Waals surface area contributed by atoms with Gasteiger partial charge >= 0.3 is 0 Å². The summed E-state index contributed by atoms with van der Waals surface area (Å²) in [5, 5.41) is 7.60. The first-order chi connectivity index (χ1) is 22.8.